The van der Waals surface area contributed by atoms with Crippen molar-refractivity contribution in [2.24, 2.45) is 5.92 Å². The van der Waals surface area contributed by atoms with Crippen molar-refractivity contribution in [3.05, 3.63) is 64.2 Å². The van der Waals surface area contributed by atoms with Crippen LogP contribution in [0.5, 0.6) is 0 Å². The lowest BCUT2D eigenvalue weighted by Gasteiger charge is -2.42. The van der Waals surface area contributed by atoms with Crippen LogP contribution in [0.15, 0.2) is 48.1 Å². The number of nitrogens with one attached hydrogen (secondary N) is 1. The number of amides is 5. The summed E-state index contributed by atoms with van der Waals surface area (Å²) in [6, 6.07) is 2.75. The number of halogens is 1. The Morgan fingerprint density at radius 3 is 2.46 bits per heavy atom. The summed E-state index contributed by atoms with van der Waals surface area (Å²) in [5.74, 6) is -2.14. The van der Waals surface area contributed by atoms with Gasteiger partial charge in [0.15, 0.2) is 5.72 Å². The first-order chi connectivity index (χ1) is 31.4. The number of ether oxygens (including phenoxy) is 4. The number of epoxide rings is 1. The molecule has 2 fully saturated rings. The van der Waals surface area contributed by atoms with Crippen molar-refractivity contribution in [3.63, 3.8) is 0 Å². The first kappa shape index (κ1) is 53.8. The topological polar surface area (TPSA) is 202 Å². The fourth-order valence-corrected chi connectivity index (χ4v) is 11.3. The number of hydrogen-bond acceptors (Lipinski definition) is 14. The van der Waals surface area contributed by atoms with Crippen molar-refractivity contribution in [2.45, 2.75) is 146 Å². The van der Waals surface area contributed by atoms with Gasteiger partial charge in [-0.2, -0.15) is 0 Å². The SMILES string of the molecule is CO[C@@H]1/C=C/C=C(\C)Cc2cc(C)c(Cl)c(c2)N(C)C(=O)C[C@H](OC(=O)[C@H](C)N(C)C(=O)CCC(C)(C)SSCCCC(=O)CCN2C(=O)C=CC2=O)[C@]2(C)O[C@H]2[C@H](C)[C@@H]2C[C@@]1(O)NC(=O)O2. The van der Waals surface area contributed by atoms with Gasteiger partial charge in [0.1, 0.15) is 35.7 Å². The number of aryl methyl sites for hydroxylation is 1. The summed E-state index contributed by atoms with van der Waals surface area (Å²) in [6.45, 7) is 13.0. The number of anilines is 1. The standard InChI is InChI=1S/C48H65ClN4O12S2/c1-28-13-11-15-36(62-10)48(61)27-35(63-45(60)50-48)30(3)43-47(7,65-43)37(26-41(58)52(9)34-25-32(23-28)24-29(2)42(34)49)64-44(59)31(4)51(8)38(55)18-20-46(5,6)67-66-22-12-14-33(54)19-21-53-39(56)16-17-40(53)57/h11,13,15-17,24-25,30-31,35-37,43,61H,12,14,18-23,26-27H2,1-10H3,(H,50,60)/b15-11+,28-13+/t30-,31+,35+,36-,37+,43+,47+,48+/m1/s1. The van der Waals surface area contributed by atoms with Gasteiger partial charge in [-0.1, -0.05) is 70.0 Å². The first-order valence-corrected chi connectivity index (χ1v) is 25.2. The van der Waals surface area contributed by atoms with Crippen molar-refractivity contribution < 1.29 is 57.6 Å². The number of ketones is 1. The van der Waals surface area contributed by atoms with Gasteiger partial charge in [-0.15, -0.1) is 0 Å². The molecule has 0 radical (unpaired) electrons. The Kier molecular flexibility index (Phi) is 18.0. The molecule has 368 valence electrons. The maximum Gasteiger partial charge on any atom is 0.409 e. The molecule has 16 nitrogen and oxygen atoms in total. The minimum Gasteiger partial charge on any atom is -0.457 e. The summed E-state index contributed by atoms with van der Waals surface area (Å²) in [4.78, 5) is 94.5. The highest BCUT2D eigenvalue weighted by Crippen LogP contribution is 2.49. The Morgan fingerprint density at radius 1 is 1.10 bits per heavy atom. The molecule has 67 heavy (non-hydrogen) atoms. The average molecular weight is 990 g/mol. The number of carbonyl (C=O) groups excluding carboxylic acids is 7. The number of rotatable bonds is 16. The van der Waals surface area contributed by atoms with E-state index in [9.17, 15) is 38.7 Å². The van der Waals surface area contributed by atoms with Gasteiger partial charge in [0.2, 0.25) is 11.8 Å². The van der Waals surface area contributed by atoms with Gasteiger partial charge < -0.3 is 33.9 Å². The predicted octanol–water partition coefficient (Wildman–Crippen LogP) is 6.42. The molecule has 1 aromatic carbocycles. The number of alkyl carbamates (subject to hydrolysis) is 1. The zero-order chi connectivity index (χ0) is 49.6. The molecule has 1 aromatic rings. The highest BCUT2D eigenvalue weighted by atomic mass is 35.5. The molecule has 4 bridgehead atoms. The maximum atomic E-state index is 14.3. The fraction of sp³-hybridized carbons (Fsp3) is 0.604. The Labute approximate surface area is 406 Å². The van der Waals surface area contributed by atoms with Crippen LogP contribution in [0.25, 0.3) is 0 Å². The number of imide groups is 1. The smallest absolute Gasteiger partial charge is 0.409 e. The van der Waals surface area contributed by atoms with Crippen LogP contribution in [-0.2, 0) is 54.1 Å². The molecule has 0 spiro atoms. The molecule has 19 heteroatoms. The molecule has 2 saturated heterocycles. The number of likely N-dealkylation sites (N-methyl/N-ethyl adjacent to an activating group) is 1. The molecule has 2 N–H and O–H groups in total. The number of hydrogen-bond donors (Lipinski definition) is 2. The zero-order valence-corrected chi connectivity index (χ0v) is 42.4. The molecule has 5 rings (SSSR count). The molecule has 0 aliphatic carbocycles. The minimum atomic E-state index is -1.84. The van der Waals surface area contributed by atoms with Gasteiger partial charge in [-0.25, -0.2) is 9.59 Å². The highest BCUT2D eigenvalue weighted by molar-refractivity contribution is 8.77. The van der Waals surface area contributed by atoms with Gasteiger partial charge in [0.05, 0.1) is 23.2 Å². The molecule has 4 aliphatic heterocycles. The molecule has 0 saturated carbocycles. The van der Waals surface area contributed by atoms with Crippen LogP contribution in [0.4, 0.5) is 10.5 Å². The van der Waals surface area contributed by atoms with E-state index in [0.717, 1.165) is 21.6 Å². The van der Waals surface area contributed by atoms with E-state index in [1.54, 1.807) is 61.6 Å². The zero-order valence-electron chi connectivity index (χ0n) is 40.1. The summed E-state index contributed by atoms with van der Waals surface area (Å²) in [7, 11) is 7.77. The van der Waals surface area contributed by atoms with Gasteiger partial charge in [0, 0.05) is 82.0 Å². The number of aliphatic hydroxyl groups is 1. The molecule has 5 amide bonds. The number of methoxy groups -OCH3 is 1. The summed E-state index contributed by atoms with van der Waals surface area (Å²) in [5, 5.41) is 14.7. The van der Waals surface area contributed by atoms with Crippen LogP contribution < -0.4 is 10.2 Å². The lowest BCUT2D eigenvalue weighted by atomic mass is 9.83. The fourth-order valence-electron chi connectivity index (χ4n) is 8.42. The molecule has 0 unspecified atom stereocenters. The number of esters is 1. The number of Topliss-reactive ketones (excluding diaryl/α,β-unsaturated/α-hetero) is 1. The Balaban J connectivity index is 1.25. The Hall–Kier alpha value is -4.20. The van der Waals surface area contributed by atoms with Gasteiger partial charge in [0.25, 0.3) is 11.8 Å². The average Bonchev–Trinajstić information content (AvgIpc) is 3.86. The first-order valence-electron chi connectivity index (χ1n) is 22.5. The molecular formula is C48H65ClN4O12S2. The van der Waals surface area contributed by atoms with Crippen LogP contribution in [0.3, 0.4) is 0 Å². The van der Waals surface area contributed by atoms with Crippen molar-refractivity contribution >= 4 is 80.4 Å². The largest absolute Gasteiger partial charge is 0.457 e. The van der Waals surface area contributed by atoms with E-state index in [2.05, 4.69) is 5.32 Å². The van der Waals surface area contributed by atoms with E-state index in [-0.39, 0.29) is 48.7 Å². The molecule has 0 aromatic heterocycles. The van der Waals surface area contributed by atoms with Crippen molar-refractivity contribution in [1.82, 2.24) is 15.1 Å². The lowest BCUT2D eigenvalue weighted by Crippen LogP contribution is -2.63. The number of benzene rings is 1. The van der Waals surface area contributed by atoms with Crippen LogP contribution in [0, 0.1) is 12.8 Å². The van der Waals surface area contributed by atoms with Gasteiger partial charge in [-0.3, -0.25) is 34.2 Å². The third-order valence-corrected chi connectivity index (χ3v) is 16.9. The number of fused-ring (bicyclic) bond motifs is 5. The van der Waals surface area contributed by atoms with E-state index in [1.165, 1.54) is 36.1 Å². The van der Waals surface area contributed by atoms with E-state index in [4.69, 9.17) is 30.5 Å². The highest BCUT2D eigenvalue weighted by Gasteiger charge is 2.64. The second-order valence-electron chi connectivity index (χ2n) is 18.7. The summed E-state index contributed by atoms with van der Waals surface area (Å²) < 4.78 is 23.5. The lowest BCUT2D eigenvalue weighted by molar-refractivity contribution is -0.162. The monoisotopic (exact) mass is 988 g/mol. The third kappa shape index (κ3) is 13.5. The van der Waals surface area contributed by atoms with Crippen LogP contribution >= 0.6 is 33.2 Å². The summed E-state index contributed by atoms with van der Waals surface area (Å²) in [5.41, 5.74) is -0.00186. The quantitative estimate of drug-likeness (QED) is 0.0604. The number of nitrogens with zero attached hydrogens (tertiary/aromatic N) is 3. The predicted molar refractivity (Wildman–Crippen MR) is 257 cm³/mol. The van der Waals surface area contributed by atoms with Crippen molar-refractivity contribution in [1.29, 1.82) is 0 Å². The second kappa shape index (κ2) is 22.5. The van der Waals surface area contributed by atoms with Crippen molar-refractivity contribution in [3.8, 4) is 0 Å². The Bertz CT molecular complexity index is 2170. The molecular weight excluding hydrogens is 924 g/mol. The van der Waals surface area contributed by atoms with Gasteiger partial charge in [-0.05, 0) is 78.0 Å². The van der Waals surface area contributed by atoms with E-state index < -0.39 is 77.5 Å². The normalized spacial score (nSPS) is 28.5. The number of carbonyl (C=O) groups is 7. The number of allylic oxidation sites excluding steroid dienone is 3. The van der Waals surface area contributed by atoms with Crippen LogP contribution in [-0.4, -0.2) is 136 Å². The van der Waals surface area contributed by atoms with Crippen LogP contribution in [0.1, 0.15) is 97.6 Å². The van der Waals surface area contributed by atoms with E-state index in [1.807, 2.05) is 45.9 Å². The third-order valence-electron chi connectivity index (χ3n) is 12.9. The maximum absolute atomic E-state index is 14.3. The van der Waals surface area contributed by atoms with Gasteiger partial charge >= 0.3 is 12.1 Å². The molecule has 4 heterocycles. The summed E-state index contributed by atoms with van der Waals surface area (Å²) >= 11 is 6.82. The second-order valence-corrected chi connectivity index (χ2v) is 22.2. The van der Waals surface area contributed by atoms with Crippen molar-refractivity contribution in [2.75, 3.05) is 38.4 Å². The molecule has 8 atom stereocenters. The molecule has 4 aliphatic rings. The van der Waals surface area contributed by atoms with E-state index >= 15 is 0 Å². The minimum absolute atomic E-state index is 0.0235. The van der Waals surface area contributed by atoms with Crippen LogP contribution in [0.2, 0.25) is 5.02 Å². The van der Waals surface area contributed by atoms with E-state index in [0.29, 0.717) is 42.1 Å². The summed E-state index contributed by atoms with van der Waals surface area (Å²) in [6.07, 6.45) is 5.02. The Morgan fingerprint density at radius 2 is 1.79 bits per heavy atom.